The van der Waals surface area contributed by atoms with Crippen molar-refractivity contribution in [3.63, 3.8) is 0 Å². The summed E-state index contributed by atoms with van der Waals surface area (Å²) in [6.45, 7) is 2.26. The molecule has 3 aromatic rings. The molecule has 8 heteroatoms. The van der Waals surface area contributed by atoms with Gasteiger partial charge in [0.1, 0.15) is 5.69 Å². The fourth-order valence-corrected chi connectivity index (χ4v) is 2.44. The summed E-state index contributed by atoms with van der Waals surface area (Å²) in [5, 5.41) is 14.1. The van der Waals surface area contributed by atoms with Crippen molar-refractivity contribution in [2.75, 3.05) is 0 Å². The number of aromatic nitrogens is 4. The molecule has 0 aliphatic rings. The highest BCUT2D eigenvalue weighted by Gasteiger charge is 2.32. The minimum atomic E-state index is -4.52. The highest BCUT2D eigenvalue weighted by Crippen LogP contribution is 2.29. The molecule has 2 heterocycles. The zero-order valence-electron chi connectivity index (χ0n) is 14.0. The molecule has 0 saturated carbocycles. The van der Waals surface area contributed by atoms with Crippen LogP contribution in [0.25, 0.3) is 22.6 Å². The molecular weight excluding hydrogens is 345 g/mol. The lowest BCUT2D eigenvalue weighted by molar-refractivity contribution is -0.141. The molecule has 5 nitrogen and oxygen atoms in total. The Balaban J connectivity index is 1.90. The molecule has 0 amide bonds. The van der Waals surface area contributed by atoms with E-state index < -0.39 is 18.0 Å². The van der Waals surface area contributed by atoms with Crippen LogP contribution in [-0.2, 0) is 12.7 Å². The first-order valence-corrected chi connectivity index (χ1v) is 8.09. The first-order valence-electron chi connectivity index (χ1n) is 8.09. The van der Waals surface area contributed by atoms with Crippen molar-refractivity contribution in [1.29, 1.82) is 0 Å². The topological polar surface area (TPSA) is 63.8 Å². The van der Waals surface area contributed by atoms with Gasteiger partial charge in [0.25, 0.3) is 0 Å². The van der Waals surface area contributed by atoms with Gasteiger partial charge in [0.2, 0.25) is 0 Å². The van der Waals surface area contributed by atoms with Crippen LogP contribution in [0.5, 0.6) is 0 Å². The molecule has 26 heavy (non-hydrogen) atoms. The summed E-state index contributed by atoms with van der Waals surface area (Å²) in [5.74, 6) is 0.00233. The van der Waals surface area contributed by atoms with E-state index in [0.29, 0.717) is 24.2 Å². The van der Waals surface area contributed by atoms with Gasteiger partial charge in [-0.2, -0.15) is 18.3 Å². The van der Waals surface area contributed by atoms with Gasteiger partial charge in [-0.05, 0) is 24.6 Å². The second-order valence-corrected chi connectivity index (χ2v) is 5.83. The van der Waals surface area contributed by atoms with Crippen LogP contribution in [0.3, 0.4) is 0 Å². The summed E-state index contributed by atoms with van der Waals surface area (Å²) in [4.78, 5) is 7.55. The first kappa shape index (κ1) is 18.1. The zero-order valence-corrected chi connectivity index (χ0v) is 14.0. The van der Waals surface area contributed by atoms with Gasteiger partial charge < -0.3 is 5.11 Å². The Bertz CT molecular complexity index is 892. The molecule has 0 radical (unpaired) electrons. The molecule has 0 saturated heterocycles. The van der Waals surface area contributed by atoms with Gasteiger partial charge in [-0.3, -0.25) is 4.68 Å². The molecule has 3 rings (SSSR count). The minimum Gasteiger partial charge on any atom is -0.391 e. The Morgan fingerprint density at radius 3 is 2.65 bits per heavy atom. The molecule has 0 spiro atoms. The smallest absolute Gasteiger partial charge is 0.391 e. The van der Waals surface area contributed by atoms with E-state index >= 15 is 0 Å². The van der Waals surface area contributed by atoms with E-state index in [4.69, 9.17) is 0 Å². The molecule has 1 aromatic carbocycles. The maximum Gasteiger partial charge on any atom is 0.433 e. The molecule has 0 aliphatic heterocycles. The number of alkyl halides is 3. The fourth-order valence-electron chi connectivity index (χ4n) is 2.44. The van der Waals surface area contributed by atoms with Crippen LogP contribution < -0.4 is 0 Å². The Kier molecular flexibility index (Phi) is 5.03. The van der Waals surface area contributed by atoms with Gasteiger partial charge in [-0.15, -0.1) is 0 Å². The number of rotatable bonds is 5. The highest BCUT2D eigenvalue weighted by atomic mass is 19.4. The number of halogens is 3. The van der Waals surface area contributed by atoms with Gasteiger partial charge >= 0.3 is 6.18 Å². The molecule has 0 aliphatic carbocycles. The second kappa shape index (κ2) is 7.25. The average Bonchev–Trinajstić information content (AvgIpc) is 3.09. The van der Waals surface area contributed by atoms with Crippen LogP contribution in [0.4, 0.5) is 13.2 Å². The quantitative estimate of drug-likeness (QED) is 0.750. The van der Waals surface area contributed by atoms with Crippen molar-refractivity contribution in [3.05, 3.63) is 54.5 Å². The maximum absolute atomic E-state index is 12.8. The van der Waals surface area contributed by atoms with Gasteiger partial charge in [-0.25, -0.2) is 9.97 Å². The van der Waals surface area contributed by atoms with Crippen LogP contribution in [0, 0.1) is 0 Å². The van der Waals surface area contributed by atoms with Crippen molar-refractivity contribution in [3.8, 4) is 22.6 Å². The molecule has 0 unspecified atom stereocenters. The van der Waals surface area contributed by atoms with Crippen molar-refractivity contribution < 1.29 is 18.3 Å². The summed E-state index contributed by atoms with van der Waals surface area (Å²) in [6.07, 6.45) is -1.53. The van der Waals surface area contributed by atoms with Crippen molar-refractivity contribution in [1.82, 2.24) is 19.7 Å². The summed E-state index contributed by atoms with van der Waals surface area (Å²) in [5.41, 5.74) is 0.873. The number of hydrogen-bond acceptors (Lipinski definition) is 4. The van der Waals surface area contributed by atoms with E-state index in [1.807, 2.05) is 6.92 Å². The standard InChI is InChI=1S/C18H17F3N4O/c1-2-14(26)11-25-9-7-15(24-25)12-4-3-5-13(10-12)17-22-8-6-16(23-17)18(19,20)21/h3-10,14,26H,2,11H2,1H3/t14-/m0/s1. The molecule has 1 N–H and O–H groups in total. The fraction of sp³-hybridized carbons (Fsp3) is 0.278. The Labute approximate surface area is 148 Å². The molecular formula is C18H17F3N4O. The van der Waals surface area contributed by atoms with E-state index in [2.05, 4.69) is 15.1 Å². The summed E-state index contributed by atoms with van der Waals surface area (Å²) in [7, 11) is 0. The maximum atomic E-state index is 12.8. The van der Waals surface area contributed by atoms with Crippen molar-refractivity contribution in [2.24, 2.45) is 0 Å². The van der Waals surface area contributed by atoms with E-state index in [9.17, 15) is 18.3 Å². The zero-order chi connectivity index (χ0) is 18.7. The van der Waals surface area contributed by atoms with E-state index in [1.165, 1.54) is 0 Å². The summed E-state index contributed by atoms with van der Waals surface area (Å²) >= 11 is 0. The number of hydrogen-bond donors (Lipinski definition) is 1. The predicted molar refractivity (Wildman–Crippen MR) is 90.0 cm³/mol. The lowest BCUT2D eigenvalue weighted by Crippen LogP contribution is -2.14. The Morgan fingerprint density at radius 2 is 1.92 bits per heavy atom. The first-order chi connectivity index (χ1) is 12.4. The van der Waals surface area contributed by atoms with E-state index in [1.54, 1.807) is 41.2 Å². The van der Waals surface area contributed by atoms with Crippen LogP contribution in [0.2, 0.25) is 0 Å². The van der Waals surface area contributed by atoms with Crippen LogP contribution in [0.1, 0.15) is 19.0 Å². The Hall–Kier alpha value is -2.74. The third-order valence-electron chi connectivity index (χ3n) is 3.87. The molecule has 136 valence electrons. The number of benzene rings is 1. The van der Waals surface area contributed by atoms with Gasteiger partial charge in [0, 0.05) is 23.5 Å². The number of aliphatic hydroxyl groups excluding tert-OH is 1. The number of nitrogens with zero attached hydrogens (tertiary/aromatic N) is 4. The van der Waals surface area contributed by atoms with Crippen LogP contribution in [-0.4, -0.2) is 31.0 Å². The molecule has 2 aromatic heterocycles. The predicted octanol–water partition coefficient (Wildman–Crippen LogP) is 3.80. The van der Waals surface area contributed by atoms with Crippen LogP contribution >= 0.6 is 0 Å². The average molecular weight is 362 g/mol. The third kappa shape index (κ3) is 4.08. The SMILES string of the molecule is CC[C@H](O)Cn1ccc(-c2cccc(-c3nccc(C(F)(F)F)n3)c2)n1. The van der Waals surface area contributed by atoms with Crippen molar-refractivity contribution >= 4 is 0 Å². The molecule has 1 atom stereocenters. The molecule has 0 fully saturated rings. The molecule has 0 bridgehead atoms. The number of aliphatic hydroxyl groups is 1. The third-order valence-corrected chi connectivity index (χ3v) is 3.87. The largest absolute Gasteiger partial charge is 0.433 e. The van der Waals surface area contributed by atoms with E-state index in [-0.39, 0.29) is 5.82 Å². The summed E-state index contributed by atoms with van der Waals surface area (Å²) < 4.78 is 40.2. The second-order valence-electron chi connectivity index (χ2n) is 5.83. The normalized spacial score (nSPS) is 13.0. The minimum absolute atomic E-state index is 0.00233. The van der Waals surface area contributed by atoms with Crippen LogP contribution in [0.15, 0.2) is 48.8 Å². The van der Waals surface area contributed by atoms with Gasteiger partial charge in [0.15, 0.2) is 5.82 Å². The Morgan fingerprint density at radius 1 is 1.15 bits per heavy atom. The monoisotopic (exact) mass is 362 g/mol. The lowest BCUT2D eigenvalue weighted by Gasteiger charge is -2.08. The van der Waals surface area contributed by atoms with Gasteiger partial charge in [-0.1, -0.05) is 25.1 Å². The summed E-state index contributed by atoms with van der Waals surface area (Å²) in [6, 6.07) is 9.49. The van der Waals surface area contributed by atoms with Gasteiger partial charge in [0.05, 0.1) is 18.3 Å². The van der Waals surface area contributed by atoms with Crippen molar-refractivity contribution in [2.45, 2.75) is 32.2 Å². The highest BCUT2D eigenvalue weighted by molar-refractivity contribution is 5.67. The lowest BCUT2D eigenvalue weighted by atomic mass is 10.1. The van der Waals surface area contributed by atoms with E-state index in [0.717, 1.165) is 17.8 Å².